The number of halogens is 1. The molecule has 0 fully saturated rings. The summed E-state index contributed by atoms with van der Waals surface area (Å²) in [6.07, 6.45) is 6.42. The first-order valence-electron chi connectivity index (χ1n) is 8.59. The molecule has 0 heterocycles. The van der Waals surface area contributed by atoms with Gasteiger partial charge in [0.1, 0.15) is 5.75 Å². The summed E-state index contributed by atoms with van der Waals surface area (Å²) in [5.41, 5.74) is 0.463. The van der Waals surface area contributed by atoms with Crippen molar-refractivity contribution in [1.82, 2.24) is 0 Å². The van der Waals surface area contributed by atoms with Gasteiger partial charge in [0.05, 0.1) is 16.5 Å². The minimum Gasteiger partial charge on any atom is -0.426 e. The van der Waals surface area contributed by atoms with Gasteiger partial charge < -0.3 is 4.74 Å². The summed E-state index contributed by atoms with van der Waals surface area (Å²) >= 11 is 5.82. The first-order chi connectivity index (χ1) is 12.9. The minimum absolute atomic E-state index is 0.123. The third-order valence-electron chi connectivity index (χ3n) is 4.49. The molecule has 0 spiro atoms. The number of ether oxygens (including phenoxy) is 1. The molecule has 5 nitrogen and oxygen atoms in total. The van der Waals surface area contributed by atoms with Crippen LogP contribution in [-0.2, 0) is 14.8 Å². The van der Waals surface area contributed by atoms with Crippen LogP contribution < -0.4 is 9.04 Å². The molecule has 0 N–H and O–H groups in total. The van der Waals surface area contributed by atoms with Gasteiger partial charge in [-0.15, -0.1) is 0 Å². The van der Waals surface area contributed by atoms with E-state index in [1.165, 1.54) is 35.6 Å². The maximum Gasteiger partial charge on any atom is 0.314 e. The van der Waals surface area contributed by atoms with Crippen molar-refractivity contribution >= 4 is 33.3 Å². The van der Waals surface area contributed by atoms with E-state index in [0.717, 1.165) is 12.8 Å². The largest absolute Gasteiger partial charge is 0.426 e. The maximum atomic E-state index is 12.7. The molecule has 1 aliphatic rings. The molecule has 7 heteroatoms. The van der Waals surface area contributed by atoms with E-state index in [-0.39, 0.29) is 16.8 Å². The Balaban J connectivity index is 1.71. The van der Waals surface area contributed by atoms with Crippen LogP contribution in [0.4, 0.5) is 5.69 Å². The third kappa shape index (κ3) is 4.51. The monoisotopic (exact) mass is 405 g/mol. The zero-order valence-corrected chi connectivity index (χ0v) is 16.4. The zero-order chi connectivity index (χ0) is 19.4. The molecule has 1 atom stereocenters. The van der Waals surface area contributed by atoms with Crippen LogP contribution in [0.15, 0.2) is 65.6 Å². The van der Waals surface area contributed by atoms with Crippen molar-refractivity contribution < 1.29 is 17.9 Å². The Morgan fingerprint density at radius 1 is 1.07 bits per heavy atom. The molecule has 3 rings (SSSR count). The van der Waals surface area contributed by atoms with E-state index in [1.807, 2.05) is 6.08 Å². The topological polar surface area (TPSA) is 63.7 Å². The number of carbonyl (C=O) groups is 1. The SMILES string of the molecule is CN(c1ccc(OC(=O)C2CC=CCC2)cc1)S(=O)(=O)c1ccc(Cl)cc1. The van der Waals surface area contributed by atoms with Gasteiger partial charge in [-0.2, -0.15) is 0 Å². The van der Waals surface area contributed by atoms with Gasteiger partial charge in [0.25, 0.3) is 10.0 Å². The number of hydrogen-bond donors (Lipinski definition) is 0. The van der Waals surface area contributed by atoms with Crippen molar-refractivity contribution in [2.45, 2.75) is 24.2 Å². The smallest absolute Gasteiger partial charge is 0.314 e. The van der Waals surface area contributed by atoms with E-state index < -0.39 is 10.0 Å². The summed E-state index contributed by atoms with van der Waals surface area (Å²) in [7, 11) is -2.23. The fraction of sp³-hybridized carbons (Fsp3) is 0.250. The average Bonchev–Trinajstić information content (AvgIpc) is 2.69. The first kappa shape index (κ1) is 19.5. The highest BCUT2D eigenvalue weighted by atomic mass is 35.5. The number of anilines is 1. The number of benzene rings is 2. The Morgan fingerprint density at radius 3 is 2.33 bits per heavy atom. The molecule has 0 aliphatic heterocycles. The summed E-state index contributed by atoms with van der Waals surface area (Å²) in [6, 6.07) is 12.4. The second kappa shape index (κ2) is 8.15. The van der Waals surface area contributed by atoms with Crippen LogP contribution in [0.2, 0.25) is 5.02 Å². The van der Waals surface area contributed by atoms with Gasteiger partial charge in [0.15, 0.2) is 0 Å². The average molecular weight is 406 g/mol. The Morgan fingerprint density at radius 2 is 1.74 bits per heavy atom. The van der Waals surface area contributed by atoms with Crippen LogP contribution >= 0.6 is 11.6 Å². The third-order valence-corrected chi connectivity index (χ3v) is 6.54. The lowest BCUT2D eigenvalue weighted by Gasteiger charge is -2.20. The number of esters is 1. The van der Waals surface area contributed by atoms with E-state index in [9.17, 15) is 13.2 Å². The Bertz CT molecular complexity index is 937. The van der Waals surface area contributed by atoms with Crippen LogP contribution in [0.5, 0.6) is 5.75 Å². The van der Waals surface area contributed by atoms with Gasteiger partial charge in [-0.1, -0.05) is 23.8 Å². The quantitative estimate of drug-likeness (QED) is 0.419. The summed E-state index contributed by atoms with van der Waals surface area (Å²) in [5.74, 6) is 0.0208. The van der Waals surface area contributed by atoms with Gasteiger partial charge in [-0.3, -0.25) is 9.10 Å². The number of hydrogen-bond acceptors (Lipinski definition) is 4. The molecule has 142 valence electrons. The molecule has 0 saturated carbocycles. The van der Waals surface area contributed by atoms with Gasteiger partial charge in [-0.05, 0) is 67.8 Å². The van der Waals surface area contributed by atoms with Crippen LogP contribution in [0.1, 0.15) is 19.3 Å². The first-order valence-corrected chi connectivity index (χ1v) is 10.4. The van der Waals surface area contributed by atoms with E-state index >= 15 is 0 Å². The predicted molar refractivity (Wildman–Crippen MR) is 106 cm³/mol. The Kier molecular flexibility index (Phi) is 5.87. The number of allylic oxidation sites excluding steroid dienone is 2. The molecule has 2 aromatic carbocycles. The standard InChI is InChI=1S/C20H20ClNO4S/c1-22(27(24,25)19-13-7-16(21)8-14-19)17-9-11-18(12-10-17)26-20(23)15-5-3-2-4-6-15/h2-3,7-15H,4-6H2,1H3. The molecule has 0 aromatic heterocycles. The molecule has 0 radical (unpaired) electrons. The van der Waals surface area contributed by atoms with Crippen molar-refractivity contribution in [3.63, 3.8) is 0 Å². The summed E-state index contributed by atoms with van der Waals surface area (Å²) in [5, 5.41) is 0.469. The van der Waals surface area contributed by atoms with Crippen molar-refractivity contribution in [3.05, 3.63) is 65.7 Å². The van der Waals surface area contributed by atoms with E-state index in [1.54, 1.807) is 24.3 Å². The van der Waals surface area contributed by atoms with Gasteiger partial charge in [0, 0.05) is 12.1 Å². The van der Waals surface area contributed by atoms with Crippen LogP contribution in [0.3, 0.4) is 0 Å². The van der Waals surface area contributed by atoms with Gasteiger partial charge in [0.2, 0.25) is 0 Å². The molecule has 1 unspecified atom stereocenters. The Labute approximate surface area is 164 Å². The molecule has 1 aliphatic carbocycles. The number of sulfonamides is 1. The van der Waals surface area contributed by atoms with Crippen LogP contribution in [-0.4, -0.2) is 21.4 Å². The summed E-state index contributed by atoms with van der Waals surface area (Å²) in [4.78, 5) is 12.3. The number of carbonyl (C=O) groups excluding carboxylic acids is 1. The molecular formula is C20H20ClNO4S. The normalized spacial score (nSPS) is 16.7. The lowest BCUT2D eigenvalue weighted by atomic mass is 9.95. The zero-order valence-electron chi connectivity index (χ0n) is 14.8. The van der Waals surface area contributed by atoms with E-state index in [4.69, 9.17) is 16.3 Å². The Hall–Kier alpha value is -2.31. The lowest BCUT2D eigenvalue weighted by molar-refractivity contribution is -0.139. The second-order valence-corrected chi connectivity index (χ2v) is 8.73. The fourth-order valence-corrected chi connectivity index (χ4v) is 4.16. The fourth-order valence-electron chi connectivity index (χ4n) is 2.83. The van der Waals surface area contributed by atoms with Crippen LogP contribution in [0, 0.1) is 5.92 Å². The number of nitrogens with zero attached hydrogens (tertiary/aromatic N) is 1. The molecule has 27 heavy (non-hydrogen) atoms. The highest BCUT2D eigenvalue weighted by molar-refractivity contribution is 7.92. The number of rotatable bonds is 5. The van der Waals surface area contributed by atoms with Crippen LogP contribution in [0.25, 0.3) is 0 Å². The highest BCUT2D eigenvalue weighted by Gasteiger charge is 2.23. The van der Waals surface area contributed by atoms with Crippen molar-refractivity contribution in [1.29, 1.82) is 0 Å². The van der Waals surface area contributed by atoms with E-state index in [2.05, 4.69) is 6.08 Å². The molecule has 0 bridgehead atoms. The lowest BCUT2D eigenvalue weighted by Crippen LogP contribution is -2.26. The minimum atomic E-state index is -3.70. The van der Waals surface area contributed by atoms with E-state index in [0.29, 0.717) is 22.9 Å². The molecule has 0 saturated heterocycles. The maximum absolute atomic E-state index is 12.7. The van der Waals surface area contributed by atoms with Gasteiger partial charge in [-0.25, -0.2) is 8.42 Å². The van der Waals surface area contributed by atoms with Crippen molar-refractivity contribution in [3.8, 4) is 5.75 Å². The van der Waals surface area contributed by atoms with Crippen molar-refractivity contribution in [2.75, 3.05) is 11.4 Å². The predicted octanol–water partition coefficient (Wildman–Crippen LogP) is 4.43. The van der Waals surface area contributed by atoms with Gasteiger partial charge >= 0.3 is 5.97 Å². The molecule has 0 amide bonds. The summed E-state index contributed by atoms with van der Waals surface area (Å²) < 4.78 is 32.0. The highest BCUT2D eigenvalue weighted by Crippen LogP contribution is 2.26. The van der Waals surface area contributed by atoms with Crippen molar-refractivity contribution in [2.24, 2.45) is 5.92 Å². The summed E-state index contributed by atoms with van der Waals surface area (Å²) in [6.45, 7) is 0. The molecular weight excluding hydrogens is 386 g/mol. The molecule has 2 aromatic rings. The second-order valence-electron chi connectivity index (χ2n) is 6.32.